The van der Waals surface area contributed by atoms with E-state index in [-0.39, 0.29) is 11.9 Å². The van der Waals surface area contributed by atoms with Crippen molar-refractivity contribution in [3.63, 3.8) is 0 Å². The number of nitrogens with one attached hydrogen (secondary N) is 1. The molecule has 1 unspecified atom stereocenters. The Morgan fingerprint density at radius 1 is 1.42 bits per heavy atom. The summed E-state index contributed by atoms with van der Waals surface area (Å²) in [6, 6.07) is 5.86. The molecule has 106 valence electrons. The number of ether oxygens (including phenoxy) is 2. The second-order valence-electron chi connectivity index (χ2n) is 4.22. The van der Waals surface area contributed by atoms with Gasteiger partial charge in [-0.15, -0.1) is 0 Å². The lowest BCUT2D eigenvalue weighted by molar-refractivity contribution is -0.145. The van der Waals surface area contributed by atoms with E-state index in [1.807, 2.05) is 25.1 Å². The van der Waals surface area contributed by atoms with E-state index < -0.39 is 0 Å². The van der Waals surface area contributed by atoms with Gasteiger partial charge in [0.05, 0.1) is 20.1 Å². The lowest BCUT2D eigenvalue weighted by Gasteiger charge is -2.14. The Morgan fingerprint density at radius 3 is 2.74 bits per heavy atom. The summed E-state index contributed by atoms with van der Waals surface area (Å²) in [6.07, 6.45) is 0.759. The summed E-state index contributed by atoms with van der Waals surface area (Å²) >= 11 is 3.44. The molecule has 1 aromatic carbocycles. The van der Waals surface area contributed by atoms with Gasteiger partial charge >= 0.3 is 5.97 Å². The monoisotopic (exact) mass is 329 g/mol. The van der Waals surface area contributed by atoms with Gasteiger partial charge in [-0.3, -0.25) is 4.79 Å². The van der Waals surface area contributed by atoms with Gasteiger partial charge in [-0.05, 0) is 24.6 Å². The third-order valence-electron chi connectivity index (χ3n) is 2.98. The molecule has 0 aliphatic carbocycles. The summed E-state index contributed by atoms with van der Waals surface area (Å²) in [5, 5.41) is 3.27. The second kappa shape index (κ2) is 8.17. The lowest BCUT2D eigenvalue weighted by atomic mass is 10.1. The van der Waals surface area contributed by atoms with E-state index in [1.165, 1.54) is 7.11 Å². The van der Waals surface area contributed by atoms with Crippen molar-refractivity contribution in [1.29, 1.82) is 0 Å². The molecule has 1 rings (SSSR count). The van der Waals surface area contributed by atoms with Crippen LogP contribution in [0.1, 0.15) is 18.9 Å². The van der Waals surface area contributed by atoms with Gasteiger partial charge in [0, 0.05) is 23.1 Å². The number of hydrogen-bond donors (Lipinski definition) is 1. The Kier molecular flexibility index (Phi) is 6.87. The van der Waals surface area contributed by atoms with Crippen LogP contribution in [0.3, 0.4) is 0 Å². The molecule has 4 nitrogen and oxygen atoms in total. The molecule has 19 heavy (non-hydrogen) atoms. The van der Waals surface area contributed by atoms with Crippen molar-refractivity contribution in [1.82, 2.24) is 5.32 Å². The Labute approximate surface area is 122 Å². The van der Waals surface area contributed by atoms with Crippen LogP contribution in [0.15, 0.2) is 22.7 Å². The minimum absolute atomic E-state index is 0.108. The highest BCUT2D eigenvalue weighted by atomic mass is 79.9. The average molecular weight is 330 g/mol. The van der Waals surface area contributed by atoms with Crippen LogP contribution >= 0.6 is 15.9 Å². The first-order chi connectivity index (χ1) is 9.12. The van der Waals surface area contributed by atoms with Gasteiger partial charge in [0.2, 0.25) is 0 Å². The van der Waals surface area contributed by atoms with Crippen LogP contribution in [-0.2, 0) is 16.1 Å². The third kappa shape index (κ3) is 4.84. The lowest BCUT2D eigenvalue weighted by Crippen LogP contribution is -2.28. The summed E-state index contributed by atoms with van der Waals surface area (Å²) in [7, 11) is 3.07. The molecule has 0 aliphatic rings. The maximum Gasteiger partial charge on any atom is 0.309 e. The van der Waals surface area contributed by atoms with Gasteiger partial charge < -0.3 is 14.8 Å². The largest absolute Gasteiger partial charge is 0.496 e. The van der Waals surface area contributed by atoms with Crippen LogP contribution in [-0.4, -0.2) is 26.7 Å². The van der Waals surface area contributed by atoms with Crippen molar-refractivity contribution in [2.24, 2.45) is 5.92 Å². The van der Waals surface area contributed by atoms with Crippen molar-refractivity contribution < 1.29 is 14.3 Å². The van der Waals surface area contributed by atoms with Gasteiger partial charge in [-0.1, -0.05) is 22.9 Å². The maximum absolute atomic E-state index is 11.5. The zero-order valence-corrected chi connectivity index (χ0v) is 13.1. The normalized spacial score (nSPS) is 12.0. The van der Waals surface area contributed by atoms with Crippen LogP contribution in [0.4, 0.5) is 0 Å². The molecule has 0 radical (unpaired) electrons. The highest BCUT2D eigenvalue weighted by Gasteiger charge is 2.16. The molecule has 1 atom stereocenters. The number of rotatable bonds is 7. The Hall–Kier alpha value is -1.07. The highest BCUT2D eigenvalue weighted by Crippen LogP contribution is 2.22. The average Bonchev–Trinajstić information content (AvgIpc) is 2.43. The maximum atomic E-state index is 11.5. The quantitative estimate of drug-likeness (QED) is 0.781. The van der Waals surface area contributed by atoms with E-state index in [0.717, 1.165) is 22.2 Å². The molecule has 0 saturated heterocycles. The van der Waals surface area contributed by atoms with Crippen molar-refractivity contribution in [2.75, 3.05) is 20.8 Å². The molecule has 0 amide bonds. The van der Waals surface area contributed by atoms with Crippen molar-refractivity contribution in [3.05, 3.63) is 28.2 Å². The minimum Gasteiger partial charge on any atom is -0.496 e. The highest BCUT2D eigenvalue weighted by molar-refractivity contribution is 9.10. The van der Waals surface area contributed by atoms with Gasteiger partial charge in [0.15, 0.2) is 0 Å². The third-order valence-corrected chi connectivity index (χ3v) is 3.47. The van der Waals surface area contributed by atoms with Gasteiger partial charge in [0.1, 0.15) is 5.75 Å². The molecule has 0 aromatic heterocycles. The number of hydrogen-bond acceptors (Lipinski definition) is 4. The van der Waals surface area contributed by atoms with E-state index >= 15 is 0 Å². The first-order valence-corrected chi connectivity index (χ1v) is 7.02. The fourth-order valence-electron chi connectivity index (χ4n) is 1.83. The van der Waals surface area contributed by atoms with Crippen molar-refractivity contribution in [3.8, 4) is 5.75 Å². The number of halogens is 1. The molecule has 0 aliphatic heterocycles. The summed E-state index contributed by atoms with van der Waals surface area (Å²) in [4.78, 5) is 11.5. The smallest absolute Gasteiger partial charge is 0.309 e. The standard InChI is InChI=1S/C14H20BrNO3/c1-4-10(14(17)19-3)8-16-9-11-7-12(15)5-6-13(11)18-2/h5-7,10,16H,4,8-9H2,1-3H3. The van der Waals surface area contributed by atoms with E-state index in [4.69, 9.17) is 9.47 Å². The number of carbonyl (C=O) groups excluding carboxylic acids is 1. The second-order valence-corrected chi connectivity index (χ2v) is 5.13. The molecule has 0 bridgehead atoms. The first kappa shape index (κ1) is 16.0. The number of benzene rings is 1. The molecule has 1 aromatic rings. The fourth-order valence-corrected chi connectivity index (χ4v) is 2.24. The molecule has 1 N–H and O–H groups in total. The van der Waals surface area contributed by atoms with E-state index in [1.54, 1.807) is 7.11 Å². The summed E-state index contributed by atoms with van der Waals surface area (Å²) in [5.74, 6) is 0.557. The number of carbonyl (C=O) groups is 1. The SMILES string of the molecule is CCC(CNCc1cc(Br)ccc1OC)C(=O)OC. The fraction of sp³-hybridized carbons (Fsp3) is 0.500. The molecule has 0 spiro atoms. The molecule has 0 fully saturated rings. The van der Waals surface area contributed by atoms with E-state index in [9.17, 15) is 4.79 Å². The first-order valence-electron chi connectivity index (χ1n) is 6.23. The van der Waals surface area contributed by atoms with Crippen LogP contribution < -0.4 is 10.1 Å². The minimum atomic E-state index is -0.170. The van der Waals surface area contributed by atoms with Crippen LogP contribution in [0.5, 0.6) is 5.75 Å². The Morgan fingerprint density at radius 2 is 2.16 bits per heavy atom. The molecule has 0 heterocycles. The predicted octanol–water partition coefficient (Wildman–Crippen LogP) is 2.75. The number of methoxy groups -OCH3 is 2. The zero-order chi connectivity index (χ0) is 14.3. The van der Waals surface area contributed by atoms with Gasteiger partial charge in [-0.2, -0.15) is 0 Å². The Bertz CT molecular complexity index is 423. The van der Waals surface area contributed by atoms with Gasteiger partial charge in [0.25, 0.3) is 0 Å². The molecular weight excluding hydrogens is 310 g/mol. The predicted molar refractivity (Wildman–Crippen MR) is 78.2 cm³/mol. The van der Waals surface area contributed by atoms with Crippen LogP contribution in [0.25, 0.3) is 0 Å². The topological polar surface area (TPSA) is 47.6 Å². The Balaban J connectivity index is 2.57. The molecule has 5 heteroatoms. The summed E-state index contributed by atoms with van der Waals surface area (Å²) in [5.41, 5.74) is 1.05. The molecular formula is C14H20BrNO3. The van der Waals surface area contributed by atoms with E-state index in [2.05, 4.69) is 21.2 Å². The zero-order valence-electron chi connectivity index (χ0n) is 11.5. The van der Waals surface area contributed by atoms with Crippen LogP contribution in [0, 0.1) is 5.92 Å². The van der Waals surface area contributed by atoms with Crippen molar-refractivity contribution >= 4 is 21.9 Å². The van der Waals surface area contributed by atoms with Crippen LogP contribution in [0.2, 0.25) is 0 Å². The van der Waals surface area contributed by atoms with Crippen molar-refractivity contribution in [2.45, 2.75) is 19.9 Å². The molecule has 0 saturated carbocycles. The van der Waals surface area contributed by atoms with Gasteiger partial charge in [-0.25, -0.2) is 0 Å². The van der Waals surface area contributed by atoms with E-state index in [0.29, 0.717) is 13.1 Å². The number of esters is 1. The summed E-state index contributed by atoms with van der Waals surface area (Å²) < 4.78 is 11.1. The summed E-state index contributed by atoms with van der Waals surface area (Å²) in [6.45, 7) is 3.22.